The lowest BCUT2D eigenvalue weighted by molar-refractivity contribution is -0.144. The molecule has 0 spiro atoms. The maximum atomic E-state index is 14.5. The Morgan fingerprint density at radius 2 is 1.29 bits per heavy atom. The molecule has 76 heavy (non-hydrogen) atoms. The van der Waals surface area contributed by atoms with Crippen molar-refractivity contribution in [2.45, 2.75) is 122 Å². The third-order valence-corrected chi connectivity index (χ3v) is 12.7. The summed E-state index contributed by atoms with van der Waals surface area (Å²) in [7, 11) is 1.61. The number of carboxylic acid groups (broad SMARTS) is 2. The summed E-state index contributed by atoms with van der Waals surface area (Å²) in [6.45, 7) is 7.88. The minimum Gasteiger partial charge on any atom is -0.508 e. The predicted molar refractivity (Wildman–Crippen MR) is 279 cm³/mol. The van der Waals surface area contributed by atoms with Gasteiger partial charge in [-0.05, 0) is 87.4 Å². The number of aryl methyl sites for hydroxylation is 1. The molecule has 408 valence electrons. The fraction of sp³-hybridized carbons (Fsp3) is 0.400. The van der Waals surface area contributed by atoms with E-state index in [4.69, 9.17) is 4.74 Å². The minimum absolute atomic E-state index is 0.0285. The van der Waals surface area contributed by atoms with Crippen LogP contribution in [0.25, 0.3) is 0 Å². The molecule has 3 aromatic rings. The molecule has 0 unspecified atom stereocenters. The van der Waals surface area contributed by atoms with Gasteiger partial charge in [-0.25, -0.2) is 9.59 Å². The van der Waals surface area contributed by atoms with Crippen molar-refractivity contribution in [3.63, 3.8) is 0 Å². The number of carbonyl (C=O) groups is 9. The van der Waals surface area contributed by atoms with Crippen LogP contribution in [0.2, 0.25) is 0 Å². The molecule has 1 fully saturated rings. The number of phenols is 2. The number of amides is 7. The van der Waals surface area contributed by atoms with Gasteiger partial charge in [0, 0.05) is 25.9 Å². The molecule has 0 aliphatic carbocycles. The number of carbonyl (C=O) groups excluding carboxylic acids is 7. The Morgan fingerprint density at radius 3 is 1.88 bits per heavy atom. The van der Waals surface area contributed by atoms with E-state index in [-0.39, 0.29) is 48.5 Å². The molecule has 21 nitrogen and oxygen atoms in total. The molecule has 7 amide bonds. The fourth-order valence-corrected chi connectivity index (χ4v) is 8.11. The van der Waals surface area contributed by atoms with E-state index in [1.54, 1.807) is 32.2 Å². The molecule has 1 heterocycles. The van der Waals surface area contributed by atoms with Gasteiger partial charge in [-0.1, -0.05) is 98.3 Å². The highest BCUT2D eigenvalue weighted by atomic mass is 16.5. The number of hydrogen-bond acceptors (Lipinski definition) is 12. The number of aromatic hydroxyl groups is 2. The number of aliphatic carboxylic acids is 2. The molecule has 4 rings (SSSR count). The lowest BCUT2D eigenvalue weighted by Gasteiger charge is -2.27. The van der Waals surface area contributed by atoms with Crippen molar-refractivity contribution in [3.05, 3.63) is 131 Å². The van der Waals surface area contributed by atoms with Crippen LogP contribution in [0.4, 0.5) is 0 Å². The monoisotopic (exact) mass is 1050 g/mol. The highest BCUT2D eigenvalue weighted by Gasteiger charge is 2.34. The number of hydrogen-bond donors (Lipinski definition) is 11. The van der Waals surface area contributed by atoms with E-state index in [2.05, 4.69) is 37.2 Å². The molecule has 3 aromatic carbocycles. The Balaban J connectivity index is 1.76. The zero-order valence-electron chi connectivity index (χ0n) is 43.3. The van der Waals surface area contributed by atoms with E-state index < -0.39 is 115 Å². The van der Waals surface area contributed by atoms with Crippen LogP contribution in [-0.4, -0.2) is 123 Å². The first kappa shape index (κ1) is 60.2. The highest BCUT2D eigenvalue weighted by Crippen LogP contribution is 2.19. The molecular formula is C55H69N7O14. The Bertz CT molecular complexity index is 2620. The summed E-state index contributed by atoms with van der Waals surface area (Å²) >= 11 is 0. The second-order valence-corrected chi connectivity index (χ2v) is 18.7. The molecule has 1 aliphatic rings. The first-order chi connectivity index (χ1) is 36.1. The maximum absolute atomic E-state index is 14.5. The SMILES string of the molecule is C/C=C1/NC(=O)CC[C@H](C(=O)O)NC(=O)[C@@H](C)[C@H](/C=C/C(C)=C/[C@H](C)[C@H](Cc2ccccc2)OC)NC(=O)[C@H](Cc2ccc(O)cc2)NC(=O)C[C@H](C(=O)O)NC(=O)[C@H](CCc2ccc(O)cc2)NC(=O)[C@H](C)NC1=O. The Morgan fingerprint density at radius 1 is 0.697 bits per heavy atom. The minimum atomic E-state index is -1.92. The van der Waals surface area contributed by atoms with Crippen LogP contribution in [0, 0.1) is 11.8 Å². The molecule has 1 aliphatic heterocycles. The van der Waals surface area contributed by atoms with E-state index in [1.165, 1.54) is 69.3 Å². The van der Waals surface area contributed by atoms with E-state index in [0.717, 1.165) is 5.56 Å². The summed E-state index contributed by atoms with van der Waals surface area (Å²) in [6.07, 6.45) is 4.61. The third kappa shape index (κ3) is 19.5. The normalized spacial score (nSPS) is 23.8. The second-order valence-electron chi connectivity index (χ2n) is 18.7. The molecule has 11 N–H and O–H groups in total. The first-order valence-electron chi connectivity index (χ1n) is 24.8. The smallest absolute Gasteiger partial charge is 0.326 e. The average Bonchev–Trinajstić information content (AvgIpc) is 3.38. The molecule has 21 heteroatoms. The Hall–Kier alpha value is -8.33. The number of carboxylic acids is 2. The summed E-state index contributed by atoms with van der Waals surface area (Å²) in [5.74, 6) is -11.0. The zero-order valence-corrected chi connectivity index (χ0v) is 43.3. The molecular weight excluding hydrogens is 983 g/mol. The predicted octanol–water partition coefficient (Wildman–Crippen LogP) is 2.61. The van der Waals surface area contributed by atoms with Gasteiger partial charge in [0.15, 0.2) is 0 Å². The Labute approximate surface area is 441 Å². The van der Waals surface area contributed by atoms with Gasteiger partial charge in [0.05, 0.1) is 24.5 Å². The van der Waals surface area contributed by atoms with Gasteiger partial charge in [-0.2, -0.15) is 0 Å². The summed E-state index contributed by atoms with van der Waals surface area (Å²) in [6, 6.07) is 12.3. The van der Waals surface area contributed by atoms with Crippen LogP contribution >= 0.6 is 0 Å². The number of phenolic OH excluding ortho intramolecular Hbond substituents is 2. The van der Waals surface area contributed by atoms with Gasteiger partial charge in [0.25, 0.3) is 5.91 Å². The van der Waals surface area contributed by atoms with E-state index in [0.29, 0.717) is 23.1 Å². The van der Waals surface area contributed by atoms with E-state index in [9.17, 15) is 63.6 Å². The number of rotatable bonds is 14. The summed E-state index contributed by atoms with van der Waals surface area (Å²) in [5.41, 5.74) is 2.50. The summed E-state index contributed by atoms with van der Waals surface area (Å²) in [4.78, 5) is 122. The van der Waals surface area contributed by atoms with Crippen molar-refractivity contribution in [1.82, 2.24) is 37.2 Å². The van der Waals surface area contributed by atoms with Gasteiger partial charge in [-0.15, -0.1) is 0 Å². The lowest BCUT2D eigenvalue weighted by Crippen LogP contribution is -2.57. The van der Waals surface area contributed by atoms with Gasteiger partial charge in [0.1, 0.15) is 47.4 Å². The molecule has 0 aromatic heterocycles. The topological polar surface area (TPSA) is 328 Å². The van der Waals surface area contributed by atoms with Crippen LogP contribution in [0.3, 0.4) is 0 Å². The van der Waals surface area contributed by atoms with Crippen LogP contribution in [0.1, 0.15) is 77.0 Å². The van der Waals surface area contributed by atoms with E-state index >= 15 is 0 Å². The third-order valence-electron chi connectivity index (χ3n) is 12.7. The average molecular weight is 1050 g/mol. The van der Waals surface area contributed by atoms with Gasteiger partial charge >= 0.3 is 11.9 Å². The van der Waals surface area contributed by atoms with Crippen LogP contribution in [-0.2, 0) is 67.2 Å². The summed E-state index contributed by atoms with van der Waals surface area (Å²) in [5, 5.41) is 57.7. The second kappa shape index (κ2) is 29.5. The van der Waals surface area contributed by atoms with Gasteiger partial charge in [-0.3, -0.25) is 33.6 Å². The van der Waals surface area contributed by atoms with Crippen LogP contribution in [0.15, 0.2) is 114 Å². The van der Waals surface area contributed by atoms with Crippen molar-refractivity contribution in [3.8, 4) is 11.5 Å². The Kier molecular flexibility index (Phi) is 23.4. The van der Waals surface area contributed by atoms with Crippen molar-refractivity contribution in [1.29, 1.82) is 0 Å². The maximum Gasteiger partial charge on any atom is 0.326 e. The largest absolute Gasteiger partial charge is 0.508 e. The lowest BCUT2D eigenvalue weighted by atomic mass is 9.94. The first-order valence-corrected chi connectivity index (χ1v) is 24.8. The molecule has 1 saturated heterocycles. The van der Waals surface area contributed by atoms with Crippen LogP contribution in [0.5, 0.6) is 11.5 Å². The molecule has 0 bridgehead atoms. The van der Waals surface area contributed by atoms with E-state index in [1.807, 2.05) is 43.3 Å². The van der Waals surface area contributed by atoms with Crippen molar-refractivity contribution < 1.29 is 68.3 Å². The molecule has 0 radical (unpaired) electrons. The quantitative estimate of drug-likeness (QED) is 0.0817. The van der Waals surface area contributed by atoms with Gasteiger partial charge < -0.3 is 62.4 Å². The molecule has 0 saturated carbocycles. The number of allylic oxidation sites excluding steroid dienone is 3. The fourth-order valence-electron chi connectivity index (χ4n) is 8.11. The summed E-state index contributed by atoms with van der Waals surface area (Å²) < 4.78 is 5.82. The van der Waals surface area contributed by atoms with Crippen molar-refractivity contribution >= 4 is 53.3 Å². The number of benzene rings is 3. The standard InChI is InChI=1S/C55H69N7O14/c1-7-40-51(69)56-34(5)50(68)60-42(24-18-35-14-19-38(63)20-15-35)52(70)62-45(55(74)75)30-48(66)58-44(28-37-16-21-39(64)22-17-37)53(71)59-41(33(4)49(67)61-43(54(72)73)25-26-47(65)57-40)23-13-31(2)27-32(3)46(76-6)29-36-11-9-8-10-12-36/h7-17,19-23,27,32-34,41-46,63-64H,18,24-26,28-30H2,1-6H3,(H,56,69)(H,57,65)(H,58,66)(H,59,71)(H,60,68)(H,61,67)(H,62,70)(H,72,73)(H,74,75)/b23-13+,31-27+,40-7+/t32-,33-,34-,41-,42-,43+,44-,45+,46-/m0/s1. The number of nitrogens with one attached hydrogen (secondary N) is 7. The van der Waals surface area contributed by atoms with Crippen LogP contribution < -0.4 is 37.2 Å². The molecule has 9 atom stereocenters. The van der Waals surface area contributed by atoms with Crippen molar-refractivity contribution in [2.75, 3.05) is 7.11 Å². The number of methoxy groups -OCH3 is 1. The highest BCUT2D eigenvalue weighted by molar-refractivity contribution is 6.00. The van der Waals surface area contributed by atoms with Gasteiger partial charge in [0.2, 0.25) is 35.4 Å². The number of ether oxygens (including phenoxy) is 1. The zero-order chi connectivity index (χ0) is 56.1. The van der Waals surface area contributed by atoms with Crippen molar-refractivity contribution in [2.24, 2.45) is 11.8 Å².